The Balaban J connectivity index is 2.14. The van der Waals surface area contributed by atoms with Gasteiger partial charge in [0.2, 0.25) is 5.91 Å². The van der Waals surface area contributed by atoms with Gasteiger partial charge in [0.05, 0.1) is 12.3 Å². The summed E-state index contributed by atoms with van der Waals surface area (Å²) in [6.07, 6.45) is 3.32. The molecule has 0 saturated heterocycles. The molecule has 1 aromatic carbocycles. The lowest BCUT2D eigenvalue weighted by atomic mass is 9.76. The monoisotopic (exact) mass is 368 g/mol. The molecule has 144 valence electrons. The minimum Gasteiger partial charge on any atom is -0.491 e. The second-order valence-electron chi connectivity index (χ2n) is 8.17. The third-order valence-electron chi connectivity index (χ3n) is 5.11. The lowest BCUT2D eigenvalue weighted by Gasteiger charge is -2.30. The van der Waals surface area contributed by atoms with Gasteiger partial charge in [0.1, 0.15) is 5.75 Å². The van der Waals surface area contributed by atoms with Crippen LogP contribution in [0.2, 0.25) is 0 Å². The molecule has 2 N–H and O–H groups in total. The SMILES string of the molecule is CCCCOc1cc(C(N)=O)ccc1-n1c(C)cc2c1CC(C)(C)CC2=O. The second kappa shape index (κ2) is 7.22. The molecule has 1 aliphatic rings. The van der Waals surface area contributed by atoms with Crippen LogP contribution in [-0.4, -0.2) is 22.9 Å². The largest absolute Gasteiger partial charge is 0.491 e. The van der Waals surface area contributed by atoms with Gasteiger partial charge in [0, 0.05) is 28.9 Å². The van der Waals surface area contributed by atoms with E-state index in [1.165, 1.54) is 0 Å². The number of ketones is 1. The molecule has 1 aliphatic carbocycles. The molecule has 3 rings (SSSR count). The third kappa shape index (κ3) is 3.77. The predicted octanol–water partition coefficient (Wildman–Crippen LogP) is 4.22. The molecule has 0 unspecified atom stereocenters. The number of ether oxygens (including phenoxy) is 1. The lowest BCUT2D eigenvalue weighted by molar-refractivity contribution is 0.0910. The van der Waals surface area contributed by atoms with Gasteiger partial charge in [-0.25, -0.2) is 0 Å². The molecule has 27 heavy (non-hydrogen) atoms. The van der Waals surface area contributed by atoms with E-state index in [1.807, 2.05) is 19.1 Å². The van der Waals surface area contributed by atoms with E-state index >= 15 is 0 Å². The number of benzene rings is 1. The minimum atomic E-state index is -0.482. The number of rotatable bonds is 6. The molecule has 0 radical (unpaired) electrons. The summed E-state index contributed by atoms with van der Waals surface area (Å²) in [7, 11) is 0. The van der Waals surface area contributed by atoms with Gasteiger partial charge in [-0.2, -0.15) is 0 Å². The zero-order valence-corrected chi connectivity index (χ0v) is 16.6. The van der Waals surface area contributed by atoms with Crippen molar-refractivity contribution in [2.75, 3.05) is 6.61 Å². The maximum atomic E-state index is 12.6. The van der Waals surface area contributed by atoms with E-state index in [0.29, 0.717) is 24.3 Å². The quantitative estimate of drug-likeness (QED) is 0.776. The van der Waals surface area contributed by atoms with E-state index in [0.717, 1.165) is 41.9 Å². The smallest absolute Gasteiger partial charge is 0.248 e. The van der Waals surface area contributed by atoms with Crippen LogP contribution in [0.15, 0.2) is 24.3 Å². The molecule has 5 nitrogen and oxygen atoms in total. The van der Waals surface area contributed by atoms with Crippen molar-refractivity contribution in [3.05, 3.63) is 46.8 Å². The van der Waals surface area contributed by atoms with Crippen molar-refractivity contribution in [1.82, 2.24) is 4.57 Å². The molecule has 0 aliphatic heterocycles. The Labute approximate surface area is 160 Å². The predicted molar refractivity (Wildman–Crippen MR) is 106 cm³/mol. The first-order valence-corrected chi connectivity index (χ1v) is 9.55. The normalized spacial score (nSPS) is 15.5. The van der Waals surface area contributed by atoms with Crippen LogP contribution in [0.25, 0.3) is 5.69 Å². The number of aromatic nitrogens is 1. The van der Waals surface area contributed by atoms with Crippen molar-refractivity contribution in [3.8, 4) is 11.4 Å². The van der Waals surface area contributed by atoms with Gasteiger partial charge >= 0.3 is 0 Å². The van der Waals surface area contributed by atoms with Crippen LogP contribution in [0.4, 0.5) is 0 Å². The van der Waals surface area contributed by atoms with Crippen molar-refractivity contribution in [3.63, 3.8) is 0 Å². The summed E-state index contributed by atoms with van der Waals surface area (Å²) in [5.74, 6) is 0.326. The average Bonchev–Trinajstić information content (AvgIpc) is 2.90. The Bertz CT molecular complexity index is 893. The van der Waals surface area contributed by atoms with E-state index in [4.69, 9.17) is 10.5 Å². The van der Waals surface area contributed by atoms with Crippen LogP contribution in [0, 0.1) is 12.3 Å². The molecule has 0 fully saturated rings. The number of nitrogens with two attached hydrogens (primary N) is 1. The van der Waals surface area contributed by atoms with Gasteiger partial charge < -0.3 is 15.0 Å². The highest BCUT2D eigenvalue weighted by molar-refractivity contribution is 5.99. The fourth-order valence-corrected chi connectivity index (χ4v) is 3.78. The van der Waals surface area contributed by atoms with E-state index in [9.17, 15) is 9.59 Å². The van der Waals surface area contributed by atoms with Gasteiger partial charge in [0.15, 0.2) is 5.78 Å². The van der Waals surface area contributed by atoms with E-state index in [1.54, 1.807) is 12.1 Å². The van der Waals surface area contributed by atoms with Gasteiger partial charge in [-0.05, 0) is 49.4 Å². The molecule has 0 spiro atoms. The molecule has 0 atom stereocenters. The minimum absolute atomic E-state index is 0.0803. The molecule has 0 saturated carbocycles. The third-order valence-corrected chi connectivity index (χ3v) is 5.11. The number of aryl methyl sites for hydroxylation is 1. The molecule has 1 amide bonds. The number of amides is 1. The number of hydrogen-bond donors (Lipinski definition) is 1. The fraction of sp³-hybridized carbons (Fsp3) is 0.455. The number of hydrogen-bond acceptors (Lipinski definition) is 3. The topological polar surface area (TPSA) is 74.3 Å². The van der Waals surface area contributed by atoms with Gasteiger partial charge in [-0.1, -0.05) is 27.2 Å². The zero-order chi connectivity index (χ0) is 19.8. The van der Waals surface area contributed by atoms with Crippen LogP contribution >= 0.6 is 0 Å². The van der Waals surface area contributed by atoms with E-state index in [2.05, 4.69) is 25.3 Å². The van der Waals surface area contributed by atoms with Crippen LogP contribution in [-0.2, 0) is 6.42 Å². The van der Waals surface area contributed by atoms with Crippen molar-refractivity contribution >= 4 is 11.7 Å². The summed E-state index contributed by atoms with van der Waals surface area (Å²) < 4.78 is 8.10. The fourth-order valence-electron chi connectivity index (χ4n) is 3.78. The Morgan fingerprint density at radius 2 is 2.00 bits per heavy atom. The molecular weight excluding hydrogens is 340 g/mol. The number of carbonyl (C=O) groups is 2. The molecule has 0 bridgehead atoms. The van der Waals surface area contributed by atoms with Crippen molar-refractivity contribution < 1.29 is 14.3 Å². The number of nitrogens with zero attached hydrogens (tertiary/aromatic N) is 1. The Hall–Kier alpha value is -2.56. The summed E-state index contributed by atoms with van der Waals surface area (Å²) in [6, 6.07) is 7.24. The van der Waals surface area contributed by atoms with Crippen molar-refractivity contribution in [2.24, 2.45) is 11.1 Å². The molecular formula is C22H28N2O3. The molecule has 2 aromatic rings. The van der Waals surface area contributed by atoms with Gasteiger partial charge in [-0.3, -0.25) is 9.59 Å². The van der Waals surface area contributed by atoms with Crippen LogP contribution < -0.4 is 10.5 Å². The summed E-state index contributed by atoms with van der Waals surface area (Å²) in [5.41, 5.74) is 9.43. The van der Waals surface area contributed by atoms with Gasteiger partial charge in [0.25, 0.3) is 0 Å². The van der Waals surface area contributed by atoms with Crippen LogP contribution in [0.5, 0.6) is 5.75 Å². The van der Waals surface area contributed by atoms with Crippen molar-refractivity contribution in [2.45, 2.75) is 53.4 Å². The number of unbranched alkanes of at least 4 members (excludes halogenated alkanes) is 1. The average molecular weight is 368 g/mol. The van der Waals surface area contributed by atoms with E-state index in [-0.39, 0.29) is 11.2 Å². The molecule has 5 heteroatoms. The maximum Gasteiger partial charge on any atom is 0.248 e. The number of primary amides is 1. The summed E-state index contributed by atoms with van der Waals surface area (Å²) >= 11 is 0. The first-order valence-electron chi connectivity index (χ1n) is 9.55. The molecule has 1 heterocycles. The summed E-state index contributed by atoms with van der Waals surface area (Å²) in [5, 5.41) is 0. The Morgan fingerprint density at radius 3 is 2.67 bits per heavy atom. The van der Waals surface area contributed by atoms with Crippen molar-refractivity contribution in [1.29, 1.82) is 0 Å². The Morgan fingerprint density at radius 1 is 1.26 bits per heavy atom. The van der Waals surface area contributed by atoms with Crippen LogP contribution in [0.3, 0.4) is 0 Å². The van der Waals surface area contributed by atoms with E-state index < -0.39 is 5.91 Å². The van der Waals surface area contributed by atoms with Crippen LogP contribution in [0.1, 0.15) is 72.1 Å². The standard InChI is InChI=1S/C22H28N2O3/c1-5-6-9-27-20-11-15(21(23)26)7-8-17(20)24-14(2)10-16-18(24)12-22(3,4)13-19(16)25/h7-8,10-11H,5-6,9,12-13H2,1-4H3,(H2,23,26). The highest BCUT2D eigenvalue weighted by atomic mass is 16.5. The maximum absolute atomic E-state index is 12.6. The highest BCUT2D eigenvalue weighted by Crippen LogP contribution is 2.39. The molecule has 1 aromatic heterocycles. The summed E-state index contributed by atoms with van der Waals surface area (Å²) in [4.78, 5) is 24.3. The Kier molecular flexibility index (Phi) is 5.13. The summed E-state index contributed by atoms with van der Waals surface area (Å²) in [6.45, 7) is 8.91. The zero-order valence-electron chi connectivity index (χ0n) is 16.6. The number of Topliss-reactive ketones (excluding diaryl/α,β-unsaturated/α-hetero) is 1. The number of carbonyl (C=O) groups excluding carboxylic acids is 2. The first kappa shape index (κ1) is 19.2. The highest BCUT2D eigenvalue weighted by Gasteiger charge is 2.34. The number of fused-ring (bicyclic) bond motifs is 1. The lowest BCUT2D eigenvalue weighted by Crippen LogP contribution is -2.28. The second-order valence-corrected chi connectivity index (χ2v) is 8.17. The first-order chi connectivity index (χ1) is 12.7. The van der Waals surface area contributed by atoms with Gasteiger partial charge in [-0.15, -0.1) is 0 Å².